The van der Waals surface area contributed by atoms with Gasteiger partial charge in [0.25, 0.3) is 0 Å². The Balaban J connectivity index is 1.98. The van der Waals surface area contributed by atoms with E-state index >= 15 is 0 Å². The Kier molecular flexibility index (Phi) is 4.67. The standard InChI is InChI=1S/C25H27ClO3/c1-14-12-17(15-8-10-18(26)11-9-15)13-19(20(14)16-6-7-16)21-22(27)24(2,3)29-25(4,5)23(21)28/h8-13,16,27H,6-7H2,1-5H3. The number of benzene rings is 2. The van der Waals surface area contributed by atoms with Gasteiger partial charge in [0.1, 0.15) is 17.0 Å². The van der Waals surface area contributed by atoms with Gasteiger partial charge in [0.15, 0.2) is 5.78 Å². The number of hydrogen-bond donors (Lipinski definition) is 1. The molecular weight excluding hydrogens is 384 g/mol. The second kappa shape index (κ2) is 6.72. The second-order valence-corrected chi connectivity index (χ2v) is 9.65. The molecule has 4 rings (SSSR count). The van der Waals surface area contributed by atoms with E-state index in [0.717, 1.165) is 35.1 Å². The van der Waals surface area contributed by atoms with E-state index in [1.54, 1.807) is 13.8 Å². The molecule has 3 nitrogen and oxygen atoms in total. The maximum absolute atomic E-state index is 13.4. The molecule has 0 spiro atoms. The van der Waals surface area contributed by atoms with Crippen LogP contribution in [-0.4, -0.2) is 22.1 Å². The summed E-state index contributed by atoms with van der Waals surface area (Å²) in [6.07, 6.45) is 2.22. The molecule has 0 amide bonds. The van der Waals surface area contributed by atoms with Crippen molar-refractivity contribution in [3.8, 4) is 11.1 Å². The number of ketones is 1. The number of carbonyl (C=O) groups excluding carboxylic acids is 1. The minimum Gasteiger partial charge on any atom is -0.508 e. The van der Waals surface area contributed by atoms with Gasteiger partial charge in [-0.1, -0.05) is 29.8 Å². The van der Waals surface area contributed by atoms with Crippen molar-refractivity contribution >= 4 is 23.0 Å². The molecule has 1 heterocycles. The molecule has 0 aromatic heterocycles. The van der Waals surface area contributed by atoms with Crippen LogP contribution in [0.15, 0.2) is 42.2 Å². The quantitative estimate of drug-likeness (QED) is 0.618. The zero-order valence-corrected chi connectivity index (χ0v) is 18.4. The Morgan fingerprint density at radius 3 is 2.21 bits per heavy atom. The van der Waals surface area contributed by atoms with Gasteiger partial charge in [-0.05, 0) is 99.4 Å². The van der Waals surface area contributed by atoms with Crippen molar-refractivity contribution in [2.24, 2.45) is 0 Å². The highest BCUT2D eigenvalue weighted by atomic mass is 35.5. The zero-order chi connectivity index (χ0) is 21.1. The van der Waals surface area contributed by atoms with Crippen LogP contribution in [0.2, 0.25) is 5.02 Å². The Bertz CT molecular complexity index is 1020. The van der Waals surface area contributed by atoms with Crippen molar-refractivity contribution in [2.75, 3.05) is 0 Å². The normalized spacial score (nSPS) is 20.8. The van der Waals surface area contributed by atoms with Crippen LogP contribution in [0.5, 0.6) is 0 Å². The zero-order valence-electron chi connectivity index (χ0n) is 17.6. The Labute approximate surface area is 177 Å². The van der Waals surface area contributed by atoms with Gasteiger partial charge in [0.2, 0.25) is 0 Å². The van der Waals surface area contributed by atoms with Gasteiger partial charge in [-0.3, -0.25) is 4.79 Å². The Hall–Kier alpha value is -2.10. The van der Waals surface area contributed by atoms with Crippen LogP contribution in [-0.2, 0) is 9.53 Å². The maximum atomic E-state index is 13.4. The highest BCUT2D eigenvalue weighted by molar-refractivity contribution is 6.30. The number of aliphatic hydroxyl groups excluding tert-OH is 1. The third-order valence-electron chi connectivity index (χ3n) is 5.91. The molecule has 0 atom stereocenters. The van der Waals surface area contributed by atoms with Crippen molar-refractivity contribution < 1.29 is 14.6 Å². The molecule has 152 valence electrons. The molecular formula is C25H27ClO3. The summed E-state index contributed by atoms with van der Waals surface area (Å²) < 4.78 is 5.94. The first-order valence-corrected chi connectivity index (χ1v) is 10.5. The van der Waals surface area contributed by atoms with Gasteiger partial charge in [0.05, 0.1) is 5.57 Å². The molecule has 2 aromatic rings. The summed E-state index contributed by atoms with van der Waals surface area (Å²) >= 11 is 6.06. The lowest BCUT2D eigenvalue weighted by Gasteiger charge is -2.41. The number of aryl methyl sites for hydroxylation is 1. The monoisotopic (exact) mass is 410 g/mol. The number of rotatable bonds is 3. The molecule has 0 radical (unpaired) electrons. The van der Waals surface area contributed by atoms with Gasteiger partial charge in [-0.15, -0.1) is 0 Å². The van der Waals surface area contributed by atoms with E-state index in [1.165, 1.54) is 5.56 Å². The minimum atomic E-state index is -1.00. The first-order valence-electron chi connectivity index (χ1n) is 10.1. The Morgan fingerprint density at radius 1 is 1.00 bits per heavy atom. The molecule has 1 fully saturated rings. The number of halogens is 1. The summed E-state index contributed by atoms with van der Waals surface area (Å²) in [7, 11) is 0. The molecule has 4 heteroatoms. The molecule has 2 aliphatic rings. The fraction of sp³-hybridized carbons (Fsp3) is 0.400. The summed E-state index contributed by atoms with van der Waals surface area (Å²) in [5, 5.41) is 11.8. The van der Waals surface area contributed by atoms with Crippen molar-refractivity contribution in [3.05, 3.63) is 63.9 Å². The van der Waals surface area contributed by atoms with Gasteiger partial charge >= 0.3 is 0 Å². The van der Waals surface area contributed by atoms with Crippen molar-refractivity contribution in [2.45, 2.75) is 64.6 Å². The molecule has 1 aliphatic carbocycles. The van der Waals surface area contributed by atoms with E-state index in [9.17, 15) is 9.90 Å². The summed E-state index contributed by atoms with van der Waals surface area (Å²) in [4.78, 5) is 13.4. The second-order valence-electron chi connectivity index (χ2n) is 9.21. The highest BCUT2D eigenvalue weighted by Gasteiger charge is 2.48. The predicted molar refractivity (Wildman–Crippen MR) is 117 cm³/mol. The molecule has 0 unspecified atom stereocenters. The van der Waals surface area contributed by atoms with E-state index in [2.05, 4.69) is 13.0 Å². The van der Waals surface area contributed by atoms with E-state index in [1.807, 2.05) is 44.2 Å². The predicted octanol–water partition coefficient (Wildman–Crippen LogP) is 6.62. The SMILES string of the molecule is Cc1cc(-c2ccc(Cl)cc2)cc(C2=C(O)C(C)(C)OC(C)(C)C2=O)c1C1CC1. The summed E-state index contributed by atoms with van der Waals surface area (Å²) in [5.74, 6) is 0.270. The fourth-order valence-electron chi connectivity index (χ4n) is 4.42. The highest BCUT2D eigenvalue weighted by Crippen LogP contribution is 2.49. The first-order chi connectivity index (χ1) is 13.5. The lowest BCUT2D eigenvalue weighted by molar-refractivity contribution is -0.158. The number of Topliss-reactive ketones (excluding diaryl/α,β-unsaturated/α-hetero) is 1. The topological polar surface area (TPSA) is 46.5 Å². The third kappa shape index (κ3) is 3.51. The number of carbonyl (C=O) groups is 1. The molecule has 1 aliphatic heterocycles. The largest absolute Gasteiger partial charge is 0.508 e. The Morgan fingerprint density at radius 2 is 1.62 bits per heavy atom. The van der Waals surface area contributed by atoms with Crippen molar-refractivity contribution in [1.82, 2.24) is 0 Å². The molecule has 2 aromatic carbocycles. The maximum Gasteiger partial charge on any atom is 0.198 e. The summed E-state index contributed by atoms with van der Waals surface area (Å²) in [6.45, 7) is 9.26. The van der Waals surface area contributed by atoms with Gasteiger partial charge in [-0.2, -0.15) is 0 Å². The summed E-state index contributed by atoms with van der Waals surface area (Å²) in [5.41, 5.74) is 3.65. The smallest absolute Gasteiger partial charge is 0.198 e. The first kappa shape index (κ1) is 20.2. The van der Waals surface area contributed by atoms with Gasteiger partial charge < -0.3 is 9.84 Å². The average molecular weight is 411 g/mol. The number of ether oxygens (including phenoxy) is 1. The molecule has 1 saturated carbocycles. The van der Waals surface area contributed by atoms with Gasteiger partial charge in [-0.25, -0.2) is 0 Å². The van der Waals surface area contributed by atoms with Crippen LogP contribution in [0.4, 0.5) is 0 Å². The molecule has 29 heavy (non-hydrogen) atoms. The molecule has 1 N–H and O–H groups in total. The van der Waals surface area contributed by atoms with Crippen molar-refractivity contribution in [1.29, 1.82) is 0 Å². The molecule has 0 bridgehead atoms. The molecule has 0 saturated heterocycles. The summed E-state index contributed by atoms with van der Waals surface area (Å²) in [6, 6.07) is 11.9. The fourth-order valence-corrected chi connectivity index (χ4v) is 4.55. The number of hydrogen-bond acceptors (Lipinski definition) is 3. The van der Waals surface area contributed by atoms with Crippen LogP contribution in [0.25, 0.3) is 16.7 Å². The van der Waals surface area contributed by atoms with Crippen LogP contribution in [0.3, 0.4) is 0 Å². The van der Waals surface area contributed by atoms with Crippen LogP contribution in [0, 0.1) is 6.92 Å². The number of aliphatic hydroxyl groups is 1. The van der Waals surface area contributed by atoms with Crippen LogP contribution < -0.4 is 0 Å². The minimum absolute atomic E-state index is 0.0105. The van der Waals surface area contributed by atoms with Gasteiger partial charge in [0, 0.05) is 5.02 Å². The lowest BCUT2D eigenvalue weighted by atomic mass is 9.79. The van der Waals surface area contributed by atoms with E-state index in [-0.39, 0.29) is 11.5 Å². The van der Waals surface area contributed by atoms with Crippen molar-refractivity contribution in [3.63, 3.8) is 0 Å². The average Bonchev–Trinajstić information content (AvgIpc) is 3.45. The lowest BCUT2D eigenvalue weighted by Crippen LogP contribution is -2.49. The van der Waals surface area contributed by atoms with E-state index in [4.69, 9.17) is 16.3 Å². The van der Waals surface area contributed by atoms with E-state index < -0.39 is 11.2 Å². The third-order valence-corrected chi connectivity index (χ3v) is 6.16. The van der Waals surface area contributed by atoms with Crippen LogP contribution >= 0.6 is 11.6 Å². The van der Waals surface area contributed by atoms with Crippen LogP contribution in [0.1, 0.15) is 63.1 Å². The van der Waals surface area contributed by atoms with E-state index in [0.29, 0.717) is 16.5 Å².